The molecule has 0 saturated heterocycles. The van der Waals surface area contributed by atoms with Crippen LogP contribution in [0.4, 0.5) is 0 Å². The quantitative estimate of drug-likeness (QED) is 0.650. The van der Waals surface area contributed by atoms with Gasteiger partial charge in [0.05, 0.1) is 25.6 Å². The second kappa shape index (κ2) is 7.18. The molecule has 1 atom stereocenters. The van der Waals surface area contributed by atoms with Gasteiger partial charge in [-0.05, 0) is 36.5 Å². The van der Waals surface area contributed by atoms with Gasteiger partial charge in [-0.1, -0.05) is 6.07 Å². The van der Waals surface area contributed by atoms with E-state index < -0.39 is 13.0 Å². The molecule has 9 heteroatoms. The Balaban J connectivity index is 1.74. The van der Waals surface area contributed by atoms with Crippen LogP contribution in [0.3, 0.4) is 0 Å². The second-order valence-corrected chi connectivity index (χ2v) is 5.82. The number of carbonyl (C=O) groups excluding carboxylic acids is 1. The van der Waals surface area contributed by atoms with E-state index in [0.717, 1.165) is 11.1 Å². The number of hydrogen-bond acceptors (Lipinski definition) is 7. The van der Waals surface area contributed by atoms with Crippen molar-refractivity contribution in [2.24, 2.45) is 0 Å². The molecule has 0 fully saturated rings. The molecule has 130 valence electrons. The lowest BCUT2D eigenvalue weighted by Crippen LogP contribution is -2.35. The van der Waals surface area contributed by atoms with Crippen LogP contribution in [0.15, 0.2) is 24.5 Å². The summed E-state index contributed by atoms with van der Waals surface area (Å²) in [5.74, 6) is 0.335. The molecule has 3 rings (SSSR count). The summed E-state index contributed by atoms with van der Waals surface area (Å²) >= 11 is 0. The molecule has 0 spiro atoms. The maximum Gasteiger partial charge on any atom is 0.492 e. The summed E-state index contributed by atoms with van der Waals surface area (Å²) in [6, 6.07) is 3.24. The fourth-order valence-electron chi connectivity index (χ4n) is 2.54. The summed E-state index contributed by atoms with van der Waals surface area (Å²) in [5, 5.41) is 21.4. The standard InChI is InChI=1S/C16H18BN3O5/c1-9(7-21)20-16(22)12-5-19-14(6-18-12)25-13-4-3-11-8-24-17(23)15(11)10(13)2/h3-6,9,21,23H,7-8H2,1-2H3,(H,20,22)/t9-/m1/s1. The smallest absolute Gasteiger partial charge is 0.437 e. The summed E-state index contributed by atoms with van der Waals surface area (Å²) in [6.45, 7) is 3.72. The first-order valence-electron chi connectivity index (χ1n) is 7.83. The Hall–Kier alpha value is -2.49. The summed E-state index contributed by atoms with van der Waals surface area (Å²) < 4.78 is 10.9. The van der Waals surface area contributed by atoms with E-state index in [-0.39, 0.29) is 24.2 Å². The number of nitrogens with zero attached hydrogens (tertiary/aromatic N) is 2. The van der Waals surface area contributed by atoms with Gasteiger partial charge in [-0.3, -0.25) is 4.79 Å². The minimum Gasteiger partial charge on any atom is -0.437 e. The van der Waals surface area contributed by atoms with E-state index in [1.807, 2.05) is 13.0 Å². The fourth-order valence-corrected chi connectivity index (χ4v) is 2.54. The van der Waals surface area contributed by atoms with Gasteiger partial charge in [0.2, 0.25) is 5.88 Å². The zero-order chi connectivity index (χ0) is 18.0. The van der Waals surface area contributed by atoms with Crippen molar-refractivity contribution >= 4 is 18.5 Å². The Morgan fingerprint density at radius 2 is 2.24 bits per heavy atom. The van der Waals surface area contributed by atoms with Crippen molar-refractivity contribution in [2.75, 3.05) is 6.61 Å². The van der Waals surface area contributed by atoms with Crippen LogP contribution < -0.4 is 15.5 Å². The number of benzene rings is 1. The van der Waals surface area contributed by atoms with E-state index in [1.54, 1.807) is 13.0 Å². The SMILES string of the molecule is Cc1c(Oc2cnc(C(=O)N[C@H](C)CO)cn2)ccc2c1B(O)OC2. The Labute approximate surface area is 145 Å². The van der Waals surface area contributed by atoms with Crippen molar-refractivity contribution in [1.29, 1.82) is 0 Å². The van der Waals surface area contributed by atoms with Gasteiger partial charge < -0.3 is 24.8 Å². The van der Waals surface area contributed by atoms with Gasteiger partial charge in [0, 0.05) is 6.04 Å². The molecular formula is C16H18BN3O5. The lowest BCUT2D eigenvalue weighted by molar-refractivity contribution is 0.0916. The second-order valence-electron chi connectivity index (χ2n) is 5.82. The lowest BCUT2D eigenvalue weighted by Gasteiger charge is -2.12. The molecular weight excluding hydrogens is 325 g/mol. The fraction of sp³-hybridized carbons (Fsp3) is 0.312. The highest BCUT2D eigenvalue weighted by atomic mass is 16.5. The summed E-state index contributed by atoms with van der Waals surface area (Å²) in [7, 11) is -0.954. The molecule has 1 amide bonds. The van der Waals surface area contributed by atoms with Gasteiger partial charge in [0.1, 0.15) is 11.4 Å². The molecule has 1 aliphatic rings. The predicted octanol–water partition coefficient (Wildman–Crippen LogP) is -0.0944. The van der Waals surface area contributed by atoms with Crippen molar-refractivity contribution in [2.45, 2.75) is 26.5 Å². The normalized spacial score (nSPS) is 14.2. The van der Waals surface area contributed by atoms with Crippen LogP contribution in [0.5, 0.6) is 11.6 Å². The van der Waals surface area contributed by atoms with Crippen molar-refractivity contribution < 1.29 is 24.3 Å². The molecule has 1 aliphatic heterocycles. The van der Waals surface area contributed by atoms with E-state index >= 15 is 0 Å². The molecule has 0 unspecified atom stereocenters. The highest BCUT2D eigenvalue weighted by Crippen LogP contribution is 2.25. The maximum atomic E-state index is 11.9. The van der Waals surface area contributed by atoms with Crippen molar-refractivity contribution in [1.82, 2.24) is 15.3 Å². The molecule has 3 N–H and O–H groups in total. The molecule has 0 bridgehead atoms. The van der Waals surface area contributed by atoms with Crippen LogP contribution in [0.2, 0.25) is 0 Å². The van der Waals surface area contributed by atoms with Gasteiger partial charge in [-0.25, -0.2) is 9.97 Å². The van der Waals surface area contributed by atoms with Crippen molar-refractivity contribution in [3.8, 4) is 11.6 Å². The Morgan fingerprint density at radius 1 is 1.44 bits per heavy atom. The van der Waals surface area contributed by atoms with Crippen molar-refractivity contribution in [3.05, 3.63) is 41.3 Å². The first-order chi connectivity index (χ1) is 12.0. The van der Waals surface area contributed by atoms with E-state index in [0.29, 0.717) is 17.8 Å². The topological polar surface area (TPSA) is 114 Å². The van der Waals surface area contributed by atoms with E-state index in [1.165, 1.54) is 12.4 Å². The Morgan fingerprint density at radius 3 is 2.92 bits per heavy atom. The number of aliphatic hydroxyl groups excluding tert-OH is 1. The molecule has 0 aliphatic carbocycles. The maximum absolute atomic E-state index is 11.9. The summed E-state index contributed by atoms with van der Waals surface area (Å²) in [4.78, 5) is 20.0. The van der Waals surface area contributed by atoms with Crippen LogP contribution in [0.25, 0.3) is 0 Å². The van der Waals surface area contributed by atoms with Crippen LogP contribution in [-0.4, -0.2) is 45.8 Å². The first-order valence-corrected chi connectivity index (χ1v) is 7.83. The van der Waals surface area contributed by atoms with Gasteiger partial charge in [0.15, 0.2) is 0 Å². The number of ether oxygens (including phenoxy) is 1. The van der Waals surface area contributed by atoms with E-state index in [2.05, 4.69) is 15.3 Å². The number of aliphatic hydroxyl groups is 1. The lowest BCUT2D eigenvalue weighted by atomic mass is 9.76. The highest BCUT2D eigenvalue weighted by Gasteiger charge is 2.30. The number of aromatic nitrogens is 2. The zero-order valence-corrected chi connectivity index (χ0v) is 13.9. The molecule has 8 nitrogen and oxygen atoms in total. The average molecular weight is 343 g/mol. The number of fused-ring (bicyclic) bond motifs is 1. The van der Waals surface area contributed by atoms with Crippen LogP contribution in [-0.2, 0) is 11.3 Å². The van der Waals surface area contributed by atoms with Gasteiger partial charge >= 0.3 is 7.12 Å². The van der Waals surface area contributed by atoms with Crippen LogP contribution in [0.1, 0.15) is 28.5 Å². The van der Waals surface area contributed by atoms with E-state index in [4.69, 9.17) is 14.5 Å². The third-order valence-electron chi connectivity index (χ3n) is 3.93. The van der Waals surface area contributed by atoms with Crippen molar-refractivity contribution in [3.63, 3.8) is 0 Å². The molecule has 2 aromatic rings. The van der Waals surface area contributed by atoms with Crippen LogP contribution in [0, 0.1) is 6.92 Å². The molecule has 1 aromatic heterocycles. The molecule has 1 aromatic carbocycles. The highest BCUT2D eigenvalue weighted by molar-refractivity contribution is 6.62. The third kappa shape index (κ3) is 3.63. The number of rotatable bonds is 5. The first kappa shape index (κ1) is 17.3. The number of hydrogen-bond donors (Lipinski definition) is 3. The van der Waals surface area contributed by atoms with Gasteiger partial charge in [-0.15, -0.1) is 0 Å². The largest absolute Gasteiger partial charge is 0.492 e. The van der Waals surface area contributed by atoms with Gasteiger partial charge in [0.25, 0.3) is 5.91 Å². The van der Waals surface area contributed by atoms with E-state index in [9.17, 15) is 9.82 Å². The molecule has 2 heterocycles. The number of amides is 1. The van der Waals surface area contributed by atoms with Gasteiger partial charge in [-0.2, -0.15) is 0 Å². The average Bonchev–Trinajstić information content (AvgIpc) is 2.99. The monoisotopic (exact) mass is 343 g/mol. The summed E-state index contributed by atoms with van der Waals surface area (Å²) in [5.41, 5.74) is 2.53. The number of carbonyl (C=O) groups is 1. The van der Waals surface area contributed by atoms with Crippen LogP contribution >= 0.6 is 0 Å². The minimum absolute atomic E-state index is 0.127. The molecule has 25 heavy (non-hydrogen) atoms. The minimum atomic E-state index is -0.954. The Kier molecular flexibility index (Phi) is 4.98. The molecule has 0 radical (unpaired) electrons. The predicted molar refractivity (Wildman–Crippen MR) is 89.7 cm³/mol. The summed E-state index contributed by atoms with van der Waals surface area (Å²) in [6.07, 6.45) is 2.65. The zero-order valence-electron chi connectivity index (χ0n) is 13.9. The molecule has 0 saturated carbocycles. The Bertz CT molecular complexity index is 784. The number of nitrogens with one attached hydrogen (secondary N) is 1. The third-order valence-corrected chi connectivity index (χ3v) is 3.93.